The number of carbonyl (C=O) groups excluding carboxylic acids is 1. The number of halogens is 5. The number of aromatic nitrogens is 3. The van der Waals surface area contributed by atoms with Gasteiger partial charge < -0.3 is 4.57 Å². The molecule has 11 heteroatoms. The van der Waals surface area contributed by atoms with Gasteiger partial charge in [0.15, 0.2) is 10.9 Å². The first-order valence-corrected chi connectivity index (χ1v) is 10.1. The zero-order chi connectivity index (χ0) is 21.3. The van der Waals surface area contributed by atoms with Crippen LogP contribution in [0.1, 0.15) is 16.8 Å². The van der Waals surface area contributed by atoms with Crippen molar-refractivity contribution >= 4 is 56.6 Å². The largest absolute Gasteiger partial charge is 0.337 e. The fraction of sp³-hybridized carbons (Fsp3) is 0.150. The number of aryl methyl sites for hydroxylation is 1. The summed E-state index contributed by atoms with van der Waals surface area (Å²) < 4.78 is 44.1. The second-order valence-electron chi connectivity index (χ2n) is 6.44. The van der Waals surface area contributed by atoms with E-state index >= 15 is 0 Å². The van der Waals surface area contributed by atoms with Crippen LogP contribution in [0, 0.1) is 17.5 Å². The van der Waals surface area contributed by atoms with E-state index in [4.69, 9.17) is 11.6 Å². The molecule has 0 bridgehead atoms. The van der Waals surface area contributed by atoms with Gasteiger partial charge in [0.25, 0.3) is 5.91 Å². The van der Waals surface area contributed by atoms with E-state index in [-0.39, 0.29) is 44.9 Å². The van der Waals surface area contributed by atoms with Crippen molar-refractivity contribution < 1.29 is 18.0 Å². The Balaban J connectivity index is 0.00000272. The maximum absolute atomic E-state index is 14.4. The lowest BCUT2D eigenvalue weighted by Gasteiger charge is -2.21. The lowest BCUT2D eigenvalue weighted by molar-refractivity contribution is 0.0982. The summed E-state index contributed by atoms with van der Waals surface area (Å²) in [5, 5.41) is 0.0856. The van der Waals surface area contributed by atoms with Gasteiger partial charge >= 0.3 is 0 Å². The van der Waals surface area contributed by atoms with Gasteiger partial charge in [-0.15, -0.1) is 12.4 Å². The highest BCUT2D eigenvalue weighted by Gasteiger charge is 2.26. The van der Waals surface area contributed by atoms with Crippen LogP contribution in [0.4, 0.5) is 18.3 Å². The molecular weight excluding hydrogens is 472 g/mol. The number of rotatable bonds is 6. The van der Waals surface area contributed by atoms with Crippen molar-refractivity contribution in [1.29, 1.82) is 0 Å². The van der Waals surface area contributed by atoms with Crippen LogP contribution in [0.3, 0.4) is 0 Å². The third-order valence-corrected chi connectivity index (χ3v) is 5.75. The molecule has 162 valence electrons. The van der Waals surface area contributed by atoms with Crippen LogP contribution in [-0.2, 0) is 6.54 Å². The molecular formula is C20H15Cl2F3N4OS. The van der Waals surface area contributed by atoms with Gasteiger partial charge in [-0.1, -0.05) is 29.0 Å². The van der Waals surface area contributed by atoms with E-state index in [1.807, 2.05) is 4.57 Å². The van der Waals surface area contributed by atoms with E-state index in [1.54, 1.807) is 18.7 Å². The molecule has 0 aliphatic carbocycles. The number of hydrogen-bond acceptors (Lipinski definition) is 4. The predicted molar refractivity (Wildman–Crippen MR) is 117 cm³/mol. The fourth-order valence-electron chi connectivity index (χ4n) is 3.01. The zero-order valence-electron chi connectivity index (χ0n) is 15.8. The van der Waals surface area contributed by atoms with Crippen LogP contribution in [0.15, 0.2) is 49.1 Å². The fourth-order valence-corrected chi connectivity index (χ4v) is 4.29. The first-order valence-electron chi connectivity index (χ1n) is 8.91. The molecule has 2 heterocycles. The van der Waals surface area contributed by atoms with Gasteiger partial charge in [0, 0.05) is 31.5 Å². The number of fused-ring (bicyclic) bond motifs is 1. The second kappa shape index (κ2) is 9.67. The summed E-state index contributed by atoms with van der Waals surface area (Å²) >= 11 is 7.02. The van der Waals surface area contributed by atoms with Crippen LogP contribution < -0.4 is 4.90 Å². The summed E-state index contributed by atoms with van der Waals surface area (Å²) in [7, 11) is 0. The van der Waals surface area contributed by atoms with E-state index in [2.05, 4.69) is 9.97 Å². The standard InChI is InChI=1S/C20H14ClF3N4OS.ClH/c21-13-3-1-4-14(23)17(13)19(29)28(7-2-6-27-8-5-25-11-27)20-26-18-15(24)9-12(22)10-16(18)30-20;/h1,3-5,8-11H,2,6-7H2;1H. The Hall–Kier alpha value is -2.62. The maximum atomic E-state index is 14.4. The van der Waals surface area contributed by atoms with E-state index in [0.29, 0.717) is 13.0 Å². The van der Waals surface area contributed by atoms with Gasteiger partial charge in [-0.05, 0) is 24.6 Å². The van der Waals surface area contributed by atoms with Crippen LogP contribution in [0.5, 0.6) is 0 Å². The van der Waals surface area contributed by atoms with Crippen molar-refractivity contribution in [2.24, 2.45) is 0 Å². The summed E-state index contributed by atoms with van der Waals surface area (Å²) in [6.45, 7) is 0.703. The zero-order valence-corrected chi connectivity index (χ0v) is 18.2. The lowest BCUT2D eigenvalue weighted by atomic mass is 10.2. The first-order chi connectivity index (χ1) is 14.4. The Morgan fingerprint density at radius 2 is 2.00 bits per heavy atom. The molecule has 2 aromatic heterocycles. The van der Waals surface area contributed by atoms with Gasteiger partial charge in [0.2, 0.25) is 0 Å². The Morgan fingerprint density at radius 1 is 1.19 bits per heavy atom. The predicted octanol–water partition coefficient (Wildman–Crippen LogP) is 5.72. The maximum Gasteiger partial charge on any atom is 0.264 e. The van der Waals surface area contributed by atoms with Gasteiger partial charge in [0.1, 0.15) is 17.2 Å². The summed E-state index contributed by atoms with van der Waals surface area (Å²) in [6, 6.07) is 5.81. The minimum atomic E-state index is -0.831. The van der Waals surface area contributed by atoms with Crippen LogP contribution in [-0.4, -0.2) is 27.0 Å². The number of thiazole rings is 1. The molecule has 5 nitrogen and oxygen atoms in total. The highest BCUT2D eigenvalue weighted by atomic mass is 35.5. The van der Waals surface area contributed by atoms with E-state index < -0.39 is 23.4 Å². The molecule has 4 aromatic rings. The van der Waals surface area contributed by atoms with Crippen LogP contribution in [0.25, 0.3) is 10.2 Å². The molecule has 0 N–H and O–H groups in total. The third kappa shape index (κ3) is 4.84. The molecule has 0 unspecified atom stereocenters. The molecule has 0 saturated heterocycles. The number of benzene rings is 2. The molecule has 31 heavy (non-hydrogen) atoms. The van der Waals surface area contributed by atoms with Crippen molar-refractivity contribution in [3.05, 3.63) is 77.1 Å². The van der Waals surface area contributed by atoms with E-state index in [0.717, 1.165) is 29.5 Å². The monoisotopic (exact) mass is 486 g/mol. The third-order valence-electron chi connectivity index (χ3n) is 4.41. The Kier molecular flexibility index (Phi) is 7.19. The topological polar surface area (TPSA) is 51.0 Å². The van der Waals surface area contributed by atoms with Gasteiger partial charge in [-0.25, -0.2) is 23.1 Å². The van der Waals surface area contributed by atoms with Gasteiger partial charge in [0.05, 0.1) is 21.6 Å². The van der Waals surface area contributed by atoms with E-state index in [1.165, 1.54) is 17.0 Å². The van der Waals surface area contributed by atoms with Crippen molar-refractivity contribution in [2.75, 3.05) is 11.4 Å². The number of anilines is 1. The molecule has 0 saturated carbocycles. The van der Waals surface area contributed by atoms with Crippen molar-refractivity contribution in [2.45, 2.75) is 13.0 Å². The second-order valence-corrected chi connectivity index (χ2v) is 7.85. The van der Waals surface area contributed by atoms with Crippen molar-refractivity contribution in [3.8, 4) is 0 Å². The molecule has 2 aromatic carbocycles. The molecule has 1 amide bonds. The molecule has 0 fully saturated rings. The average molecular weight is 487 g/mol. The normalized spacial score (nSPS) is 10.8. The van der Waals surface area contributed by atoms with Gasteiger partial charge in [-0.2, -0.15) is 0 Å². The minimum absolute atomic E-state index is 0. The van der Waals surface area contributed by atoms with Crippen molar-refractivity contribution in [3.63, 3.8) is 0 Å². The Bertz CT molecular complexity index is 1200. The average Bonchev–Trinajstić information content (AvgIpc) is 3.34. The lowest BCUT2D eigenvalue weighted by Crippen LogP contribution is -2.33. The van der Waals surface area contributed by atoms with E-state index in [9.17, 15) is 18.0 Å². The van der Waals surface area contributed by atoms with Crippen LogP contribution >= 0.6 is 35.3 Å². The number of amides is 1. The minimum Gasteiger partial charge on any atom is -0.337 e. The molecule has 0 atom stereocenters. The Labute approximate surface area is 190 Å². The number of imidazole rings is 1. The molecule has 0 spiro atoms. The molecule has 4 rings (SSSR count). The summed E-state index contributed by atoms with van der Waals surface area (Å²) in [5.41, 5.74) is -0.351. The highest BCUT2D eigenvalue weighted by molar-refractivity contribution is 7.22. The summed E-state index contributed by atoms with van der Waals surface area (Å²) in [6.07, 6.45) is 5.53. The quantitative estimate of drug-likeness (QED) is 0.350. The molecule has 0 aliphatic rings. The number of hydrogen-bond donors (Lipinski definition) is 0. The molecule has 0 aliphatic heterocycles. The summed E-state index contributed by atoms with van der Waals surface area (Å²) in [5.74, 6) is -3.05. The number of nitrogens with zero attached hydrogens (tertiary/aromatic N) is 4. The SMILES string of the molecule is Cl.O=C(c1c(F)cccc1Cl)N(CCCn1ccnc1)c1nc2c(F)cc(F)cc2s1. The van der Waals surface area contributed by atoms with Crippen molar-refractivity contribution in [1.82, 2.24) is 14.5 Å². The highest BCUT2D eigenvalue weighted by Crippen LogP contribution is 2.33. The summed E-state index contributed by atoms with van der Waals surface area (Å²) in [4.78, 5) is 22.6. The smallest absolute Gasteiger partial charge is 0.264 e. The van der Waals surface area contributed by atoms with Gasteiger partial charge in [-0.3, -0.25) is 9.69 Å². The first kappa shape index (κ1) is 23.1. The molecule has 0 radical (unpaired) electrons. The number of carbonyl (C=O) groups is 1. The Morgan fingerprint density at radius 3 is 2.71 bits per heavy atom. The van der Waals surface area contributed by atoms with Crippen LogP contribution in [0.2, 0.25) is 5.02 Å².